The van der Waals surface area contributed by atoms with Crippen molar-refractivity contribution in [1.82, 2.24) is 4.57 Å². The molecule has 306 valence electrons. The summed E-state index contributed by atoms with van der Waals surface area (Å²) in [4.78, 5) is 2.49. The molecule has 9 aromatic rings. The van der Waals surface area contributed by atoms with E-state index in [9.17, 15) is 0 Å². The van der Waals surface area contributed by atoms with Gasteiger partial charge in [0.25, 0.3) is 0 Å². The molecule has 5 aliphatic rings. The highest BCUT2D eigenvalue weighted by atomic mass is 15.1. The van der Waals surface area contributed by atoms with E-state index < -0.39 is 0 Å². The van der Waals surface area contributed by atoms with Crippen LogP contribution in [0.3, 0.4) is 0 Å². The van der Waals surface area contributed by atoms with Gasteiger partial charge in [0.2, 0.25) is 0 Å². The fourth-order valence-corrected chi connectivity index (χ4v) is 13.4. The van der Waals surface area contributed by atoms with Crippen LogP contribution in [0.5, 0.6) is 0 Å². The first-order valence-corrected chi connectivity index (χ1v) is 23.3. The van der Waals surface area contributed by atoms with Crippen LogP contribution in [-0.4, -0.2) is 4.57 Å². The molecule has 0 saturated heterocycles. The predicted molar refractivity (Wildman–Crippen MR) is 264 cm³/mol. The van der Waals surface area contributed by atoms with E-state index in [1.807, 2.05) is 0 Å². The molecule has 4 saturated carbocycles. The van der Waals surface area contributed by atoms with Gasteiger partial charge >= 0.3 is 0 Å². The lowest BCUT2D eigenvalue weighted by Gasteiger charge is -2.57. The van der Waals surface area contributed by atoms with Gasteiger partial charge in [-0.05, 0) is 161 Å². The van der Waals surface area contributed by atoms with Gasteiger partial charge < -0.3 is 9.47 Å². The Kier molecular flexibility index (Phi) is 8.17. The lowest BCUT2D eigenvalue weighted by molar-refractivity contribution is -0.00518. The van der Waals surface area contributed by atoms with Crippen LogP contribution in [0.1, 0.15) is 69.1 Å². The standard InChI is InChI=1S/C61H52N2/c1-60(2)55-34-45(43-21-24-46(25-22-43)61-37-40-31-41(38-61)33-42(32-40)39-61)23-28-51(55)52-29-26-48(35-56(52)60)62(57-19-11-9-17-50(57)44-13-5-3-6-14-44)49-27-30-54-53-18-10-12-20-58(53)63(59(54)36-49)47-15-7-4-8-16-47/h3-30,34-36,40-42H,31-33,37-39H2,1-2H3. The Morgan fingerprint density at radius 3 is 1.76 bits per heavy atom. The topological polar surface area (TPSA) is 8.17 Å². The third kappa shape index (κ3) is 5.76. The molecule has 0 N–H and O–H groups in total. The number of nitrogens with zero attached hydrogens (tertiary/aromatic N) is 2. The quantitative estimate of drug-likeness (QED) is 0.156. The Morgan fingerprint density at radius 2 is 1.02 bits per heavy atom. The van der Waals surface area contributed by atoms with Gasteiger partial charge in [0.15, 0.2) is 0 Å². The number of benzene rings is 8. The zero-order chi connectivity index (χ0) is 41.9. The molecule has 63 heavy (non-hydrogen) atoms. The fourth-order valence-electron chi connectivity index (χ4n) is 13.4. The van der Waals surface area contributed by atoms with Crippen molar-refractivity contribution in [3.63, 3.8) is 0 Å². The molecule has 0 amide bonds. The molecular weight excluding hydrogens is 761 g/mol. The van der Waals surface area contributed by atoms with Crippen LogP contribution in [0, 0.1) is 17.8 Å². The number of para-hydroxylation sites is 3. The minimum atomic E-state index is -0.190. The molecule has 4 fully saturated rings. The molecule has 0 atom stereocenters. The number of hydrogen-bond acceptors (Lipinski definition) is 1. The monoisotopic (exact) mass is 812 g/mol. The molecule has 1 aromatic heterocycles. The van der Waals surface area contributed by atoms with E-state index in [0.29, 0.717) is 5.41 Å². The normalized spacial score (nSPS) is 21.5. The van der Waals surface area contributed by atoms with E-state index in [1.54, 1.807) is 5.56 Å². The van der Waals surface area contributed by atoms with Gasteiger partial charge in [-0.15, -0.1) is 0 Å². The van der Waals surface area contributed by atoms with Crippen LogP contribution in [0.25, 0.3) is 60.9 Å². The first-order chi connectivity index (χ1) is 30.9. The van der Waals surface area contributed by atoms with Crippen LogP contribution < -0.4 is 4.90 Å². The fraction of sp³-hybridized carbons (Fsp3) is 0.213. The second-order valence-electron chi connectivity index (χ2n) is 20.0. The summed E-state index contributed by atoms with van der Waals surface area (Å²) in [6, 6.07) is 70.7. The number of anilines is 3. The smallest absolute Gasteiger partial charge is 0.0561 e. The molecule has 2 heteroatoms. The van der Waals surface area contributed by atoms with Gasteiger partial charge in [-0.25, -0.2) is 0 Å². The average molecular weight is 813 g/mol. The summed E-state index contributed by atoms with van der Waals surface area (Å²) in [5.74, 6) is 2.87. The minimum Gasteiger partial charge on any atom is -0.310 e. The molecule has 0 radical (unpaired) electrons. The summed E-state index contributed by atoms with van der Waals surface area (Å²) in [5, 5.41) is 2.51. The van der Waals surface area contributed by atoms with Crippen molar-refractivity contribution in [2.75, 3.05) is 4.90 Å². The first kappa shape index (κ1) is 37.0. The molecule has 14 rings (SSSR count). The van der Waals surface area contributed by atoms with Crippen molar-refractivity contribution in [2.24, 2.45) is 17.8 Å². The van der Waals surface area contributed by atoms with Crippen LogP contribution in [-0.2, 0) is 10.8 Å². The largest absolute Gasteiger partial charge is 0.310 e. The first-order valence-electron chi connectivity index (χ1n) is 23.3. The van der Waals surface area contributed by atoms with E-state index in [4.69, 9.17) is 0 Å². The van der Waals surface area contributed by atoms with Crippen molar-refractivity contribution in [3.05, 3.63) is 205 Å². The van der Waals surface area contributed by atoms with Gasteiger partial charge in [0.05, 0.1) is 16.7 Å². The summed E-state index contributed by atoms with van der Waals surface area (Å²) in [6.07, 6.45) is 8.70. The molecule has 2 nitrogen and oxygen atoms in total. The highest BCUT2D eigenvalue weighted by molar-refractivity contribution is 6.10. The zero-order valence-electron chi connectivity index (χ0n) is 36.3. The Morgan fingerprint density at radius 1 is 0.444 bits per heavy atom. The van der Waals surface area contributed by atoms with E-state index in [1.165, 1.54) is 105 Å². The third-order valence-corrected chi connectivity index (χ3v) is 15.9. The number of fused-ring (bicyclic) bond motifs is 6. The number of rotatable bonds is 7. The second kappa shape index (κ2) is 13.9. The Balaban J connectivity index is 0.922. The minimum absolute atomic E-state index is 0.190. The number of aromatic nitrogens is 1. The Labute approximate surface area is 371 Å². The zero-order valence-corrected chi connectivity index (χ0v) is 36.3. The van der Waals surface area contributed by atoms with Gasteiger partial charge in [-0.2, -0.15) is 0 Å². The maximum Gasteiger partial charge on any atom is 0.0561 e. The van der Waals surface area contributed by atoms with E-state index >= 15 is 0 Å². The summed E-state index contributed by atoms with van der Waals surface area (Å²) in [7, 11) is 0. The highest BCUT2D eigenvalue weighted by Gasteiger charge is 2.51. The number of hydrogen-bond donors (Lipinski definition) is 0. The predicted octanol–water partition coefficient (Wildman–Crippen LogP) is 16.4. The van der Waals surface area contributed by atoms with Crippen LogP contribution in [0.2, 0.25) is 0 Å². The SMILES string of the molecule is CC1(C)c2cc(-c3ccc(C45CC6CC(CC(C6)C4)C5)cc3)ccc2-c2ccc(N(c3ccc4c5ccccc5n(-c5ccccc5)c4c3)c3ccccc3-c3ccccc3)cc21. The molecular formula is C61H52N2. The van der Waals surface area contributed by atoms with Gasteiger partial charge in [-0.3, -0.25) is 0 Å². The Hall–Kier alpha value is -6.64. The summed E-state index contributed by atoms with van der Waals surface area (Å²) in [5.41, 5.74) is 19.3. The lowest BCUT2D eigenvalue weighted by atomic mass is 9.48. The van der Waals surface area contributed by atoms with Crippen LogP contribution in [0.4, 0.5) is 17.1 Å². The van der Waals surface area contributed by atoms with Crippen molar-refractivity contribution < 1.29 is 0 Å². The van der Waals surface area contributed by atoms with E-state index in [2.05, 4.69) is 211 Å². The second-order valence-corrected chi connectivity index (χ2v) is 20.0. The van der Waals surface area contributed by atoms with Crippen LogP contribution >= 0.6 is 0 Å². The average Bonchev–Trinajstić information content (AvgIpc) is 3.76. The van der Waals surface area contributed by atoms with Crippen molar-refractivity contribution in [2.45, 2.75) is 63.2 Å². The summed E-state index contributed by atoms with van der Waals surface area (Å²) < 4.78 is 2.42. The molecule has 8 aromatic carbocycles. The van der Waals surface area contributed by atoms with E-state index in [0.717, 1.165) is 40.5 Å². The van der Waals surface area contributed by atoms with Crippen molar-refractivity contribution in [3.8, 4) is 39.1 Å². The summed E-state index contributed by atoms with van der Waals surface area (Å²) >= 11 is 0. The lowest BCUT2D eigenvalue weighted by Crippen LogP contribution is -2.48. The van der Waals surface area contributed by atoms with Crippen LogP contribution in [0.15, 0.2) is 188 Å². The molecule has 0 unspecified atom stereocenters. The molecule has 0 spiro atoms. The van der Waals surface area contributed by atoms with E-state index in [-0.39, 0.29) is 5.41 Å². The third-order valence-electron chi connectivity index (χ3n) is 15.9. The molecule has 5 aliphatic carbocycles. The highest BCUT2D eigenvalue weighted by Crippen LogP contribution is 2.61. The van der Waals surface area contributed by atoms with Crippen molar-refractivity contribution in [1.29, 1.82) is 0 Å². The maximum absolute atomic E-state index is 2.50. The van der Waals surface area contributed by atoms with Gasteiger partial charge in [0, 0.05) is 38.8 Å². The molecule has 0 aliphatic heterocycles. The van der Waals surface area contributed by atoms with Crippen molar-refractivity contribution >= 4 is 38.9 Å². The Bertz CT molecular complexity index is 3190. The summed E-state index contributed by atoms with van der Waals surface area (Å²) in [6.45, 7) is 4.85. The molecule has 4 bridgehead atoms. The maximum atomic E-state index is 2.50. The van der Waals surface area contributed by atoms with Gasteiger partial charge in [0.1, 0.15) is 0 Å². The molecule has 1 heterocycles. The van der Waals surface area contributed by atoms with Gasteiger partial charge in [-0.1, -0.05) is 147 Å².